The van der Waals surface area contributed by atoms with Crippen LogP contribution in [-0.4, -0.2) is 21.1 Å². The van der Waals surface area contributed by atoms with Gasteiger partial charge in [0.15, 0.2) is 0 Å². The van der Waals surface area contributed by atoms with Gasteiger partial charge in [0.1, 0.15) is 0 Å². The fourth-order valence-electron chi connectivity index (χ4n) is 2.73. The zero-order valence-corrected chi connectivity index (χ0v) is 14.6. The van der Waals surface area contributed by atoms with Crippen LogP contribution < -0.4 is 10.3 Å². The Morgan fingerprint density at radius 3 is 2.62 bits per heavy atom. The molecule has 0 aliphatic heterocycles. The SMILES string of the molecule is CCCCCn1c(OC)cc(=O)n2cc(-c3ccc(Cl)cc3)nc12. The van der Waals surface area contributed by atoms with Gasteiger partial charge in [0.25, 0.3) is 5.56 Å². The first-order valence-electron chi connectivity index (χ1n) is 8.07. The molecule has 1 aromatic carbocycles. The average molecular weight is 346 g/mol. The molecule has 3 aromatic rings. The van der Waals surface area contributed by atoms with Crippen LogP contribution in [-0.2, 0) is 6.54 Å². The molecule has 0 aliphatic carbocycles. The first-order valence-corrected chi connectivity index (χ1v) is 8.44. The smallest absolute Gasteiger partial charge is 0.262 e. The highest BCUT2D eigenvalue weighted by atomic mass is 35.5. The third kappa shape index (κ3) is 3.17. The molecule has 0 aliphatic rings. The molecular formula is C18H20ClN3O2. The topological polar surface area (TPSA) is 48.5 Å². The van der Waals surface area contributed by atoms with Crippen LogP contribution in [0.2, 0.25) is 5.02 Å². The number of fused-ring (bicyclic) bond motifs is 1. The van der Waals surface area contributed by atoms with E-state index in [1.54, 1.807) is 17.7 Å². The molecule has 0 bridgehead atoms. The van der Waals surface area contributed by atoms with Crippen LogP contribution in [0.5, 0.6) is 5.88 Å². The summed E-state index contributed by atoms with van der Waals surface area (Å²) in [4.78, 5) is 17.0. The van der Waals surface area contributed by atoms with Crippen molar-refractivity contribution in [3.05, 3.63) is 51.9 Å². The molecule has 0 atom stereocenters. The van der Waals surface area contributed by atoms with E-state index >= 15 is 0 Å². The number of aromatic nitrogens is 3. The number of aryl methyl sites for hydroxylation is 1. The molecule has 2 aromatic heterocycles. The predicted octanol–water partition coefficient (Wildman–Crippen LogP) is 4.02. The molecule has 6 heteroatoms. The molecule has 0 radical (unpaired) electrons. The van der Waals surface area contributed by atoms with Gasteiger partial charge in [-0.25, -0.2) is 4.98 Å². The second-order valence-electron chi connectivity index (χ2n) is 5.69. The van der Waals surface area contributed by atoms with Crippen molar-refractivity contribution in [1.29, 1.82) is 0 Å². The summed E-state index contributed by atoms with van der Waals surface area (Å²) in [6, 6.07) is 8.93. The van der Waals surface area contributed by atoms with Gasteiger partial charge in [-0.15, -0.1) is 0 Å². The van der Waals surface area contributed by atoms with Gasteiger partial charge in [-0.2, -0.15) is 0 Å². The van der Waals surface area contributed by atoms with Crippen LogP contribution in [0.15, 0.2) is 41.3 Å². The summed E-state index contributed by atoms with van der Waals surface area (Å²) >= 11 is 5.94. The summed E-state index contributed by atoms with van der Waals surface area (Å²) in [6.45, 7) is 2.92. The molecular weight excluding hydrogens is 326 g/mol. The molecule has 0 amide bonds. The lowest BCUT2D eigenvalue weighted by atomic mass is 10.2. The first-order chi connectivity index (χ1) is 11.6. The second kappa shape index (κ2) is 7.09. The number of ether oxygens (including phenoxy) is 1. The van der Waals surface area contributed by atoms with Crippen LogP contribution in [0.3, 0.4) is 0 Å². The van der Waals surface area contributed by atoms with E-state index in [0.29, 0.717) is 16.7 Å². The Morgan fingerprint density at radius 2 is 1.96 bits per heavy atom. The van der Waals surface area contributed by atoms with E-state index in [9.17, 15) is 4.79 Å². The van der Waals surface area contributed by atoms with Crippen molar-refractivity contribution in [1.82, 2.24) is 14.0 Å². The van der Waals surface area contributed by atoms with Crippen LogP contribution >= 0.6 is 11.6 Å². The maximum absolute atomic E-state index is 12.3. The normalized spacial score (nSPS) is 11.1. The third-order valence-corrected chi connectivity index (χ3v) is 4.27. The van der Waals surface area contributed by atoms with Gasteiger partial charge in [0.05, 0.1) is 18.9 Å². The Morgan fingerprint density at radius 1 is 1.21 bits per heavy atom. The monoisotopic (exact) mass is 345 g/mol. The Bertz CT molecular complexity index is 897. The van der Waals surface area contributed by atoms with E-state index in [1.807, 2.05) is 28.8 Å². The van der Waals surface area contributed by atoms with Crippen molar-refractivity contribution in [3.63, 3.8) is 0 Å². The van der Waals surface area contributed by atoms with E-state index < -0.39 is 0 Å². The minimum Gasteiger partial charge on any atom is -0.482 e. The van der Waals surface area contributed by atoms with Crippen molar-refractivity contribution in [2.45, 2.75) is 32.7 Å². The minimum atomic E-state index is -0.152. The van der Waals surface area contributed by atoms with Crippen LogP contribution in [0.25, 0.3) is 17.0 Å². The average Bonchev–Trinajstić information content (AvgIpc) is 3.03. The number of rotatable bonds is 6. The number of nitrogens with zero attached hydrogens (tertiary/aromatic N) is 3. The highest BCUT2D eigenvalue weighted by Gasteiger charge is 2.13. The maximum atomic E-state index is 12.3. The van der Waals surface area contributed by atoms with E-state index in [0.717, 1.165) is 37.1 Å². The first kappa shape index (κ1) is 16.6. The van der Waals surface area contributed by atoms with E-state index in [1.165, 1.54) is 6.07 Å². The molecule has 3 rings (SSSR count). The van der Waals surface area contributed by atoms with E-state index in [-0.39, 0.29) is 5.56 Å². The lowest BCUT2D eigenvalue weighted by Gasteiger charge is -2.12. The zero-order valence-electron chi connectivity index (χ0n) is 13.8. The third-order valence-electron chi connectivity index (χ3n) is 4.01. The second-order valence-corrected chi connectivity index (χ2v) is 6.12. The van der Waals surface area contributed by atoms with Crippen molar-refractivity contribution < 1.29 is 4.74 Å². The Hall–Kier alpha value is -2.27. The Kier molecular flexibility index (Phi) is 4.90. The highest BCUT2D eigenvalue weighted by molar-refractivity contribution is 6.30. The molecule has 126 valence electrons. The quantitative estimate of drug-likeness (QED) is 0.634. The molecule has 5 nitrogen and oxygen atoms in total. The predicted molar refractivity (Wildman–Crippen MR) is 96.0 cm³/mol. The van der Waals surface area contributed by atoms with Crippen molar-refractivity contribution in [2.75, 3.05) is 7.11 Å². The molecule has 0 saturated carbocycles. The van der Waals surface area contributed by atoms with E-state index in [4.69, 9.17) is 16.3 Å². The van der Waals surface area contributed by atoms with Crippen LogP contribution in [0.1, 0.15) is 26.2 Å². The summed E-state index contributed by atoms with van der Waals surface area (Å²) in [5.74, 6) is 1.14. The minimum absolute atomic E-state index is 0.152. The lowest BCUT2D eigenvalue weighted by Crippen LogP contribution is -2.18. The number of hydrogen-bond donors (Lipinski definition) is 0. The van der Waals surface area contributed by atoms with Crippen LogP contribution in [0.4, 0.5) is 0 Å². The maximum Gasteiger partial charge on any atom is 0.262 e. The zero-order chi connectivity index (χ0) is 17.1. The molecule has 0 N–H and O–H groups in total. The van der Waals surface area contributed by atoms with Gasteiger partial charge in [0.2, 0.25) is 11.7 Å². The van der Waals surface area contributed by atoms with Gasteiger partial charge in [-0.3, -0.25) is 13.8 Å². The number of imidazole rings is 1. The number of hydrogen-bond acceptors (Lipinski definition) is 3. The summed E-state index contributed by atoms with van der Waals surface area (Å²) in [7, 11) is 1.57. The number of methoxy groups -OCH3 is 1. The standard InChI is InChI=1S/C18H20ClN3O2/c1-3-4-5-10-21-17(24-2)11-16(23)22-12-15(20-18(21)22)13-6-8-14(19)9-7-13/h6-9,11-12H,3-5,10H2,1-2H3. The largest absolute Gasteiger partial charge is 0.482 e. The summed E-state index contributed by atoms with van der Waals surface area (Å²) < 4.78 is 8.91. The fraction of sp³-hybridized carbons (Fsp3) is 0.333. The molecule has 24 heavy (non-hydrogen) atoms. The number of unbranched alkanes of at least 4 members (excludes halogenated alkanes) is 2. The highest BCUT2D eigenvalue weighted by Crippen LogP contribution is 2.22. The molecule has 0 saturated heterocycles. The Labute approximate surface area is 145 Å². The van der Waals surface area contributed by atoms with Gasteiger partial charge >= 0.3 is 0 Å². The summed E-state index contributed by atoms with van der Waals surface area (Å²) in [5.41, 5.74) is 1.50. The molecule has 0 unspecified atom stereocenters. The summed E-state index contributed by atoms with van der Waals surface area (Å²) in [5, 5.41) is 0.670. The number of halogens is 1. The molecule has 2 heterocycles. The Balaban J connectivity index is 2.12. The van der Waals surface area contributed by atoms with Gasteiger partial charge in [-0.1, -0.05) is 43.5 Å². The fourth-order valence-corrected chi connectivity index (χ4v) is 2.86. The van der Waals surface area contributed by atoms with Gasteiger partial charge < -0.3 is 4.74 Å². The van der Waals surface area contributed by atoms with Crippen LogP contribution in [0, 0.1) is 0 Å². The molecule has 0 fully saturated rings. The van der Waals surface area contributed by atoms with Gasteiger partial charge in [0, 0.05) is 23.3 Å². The van der Waals surface area contributed by atoms with Gasteiger partial charge in [-0.05, 0) is 18.6 Å². The lowest BCUT2D eigenvalue weighted by molar-refractivity contribution is 0.365. The van der Waals surface area contributed by atoms with Crippen molar-refractivity contribution in [2.24, 2.45) is 0 Å². The number of benzene rings is 1. The van der Waals surface area contributed by atoms with E-state index in [2.05, 4.69) is 11.9 Å². The van der Waals surface area contributed by atoms with Crippen molar-refractivity contribution in [3.8, 4) is 17.1 Å². The molecule has 0 spiro atoms. The van der Waals surface area contributed by atoms with Crippen molar-refractivity contribution >= 4 is 17.4 Å². The summed E-state index contributed by atoms with van der Waals surface area (Å²) in [6.07, 6.45) is 5.01.